The maximum Gasteiger partial charge on any atom is 0.248 e. The van der Waals surface area contributed by atoms with Crippen molar-refractivity contribution in [2.24, 2.45) is 5.92 Å². The fraction of sp³-hybridized carbons (Fsp3) is 0.429. The SMILES string of the molecule is Cc1noc(/C=C/N(C)C)c1S(=O)(=O)N1CCCC(C(=O)NCc2ccccc2Cl)C1. The first kappa shape index (κ1) is 23.3. The van der Waals surface area contributed by atoms with E-state index in [1.807, 2.05) is 32.3 Å². The first-order valence-corrected chi connectivity index (χ1v) is 11.8. The summed E-state index contributed by atoms with van der Waals surface area (Å²) >= 11 is 6.15. The molecule has 0 radical (unpaired) electrons. The molecule has 1 N–H and O–H groups in total. The second kappa shape index (κ2) is 9.84. The summed E-state index contributed by atoms with van der Waals surface area (Å²) in [6.45, 7) is 2.35. The molecule has 10 heteroatoms. The number of rotatable bonds is 7. The maximum absolute atomic E-state index is 13.4. The highest BCUT2D eigenvalue weighted by Crippen LogP contribution is 2.29. The first-order valence-electron chi connectivity index (χ1n) is 10.0. The summed E-state index contributed by atoms with van der Waals surface area (Å²) < 4.78 is 33.3. The van der Waals surface area contributed by atoms with E-state index in [-0.39, 0.29) is 23.1 Å². The Morgan fingerprint density at radius 2 is 2.13 bits per heavy atom. The van der Waals surface area contributed by atoms with Crippen molar-refractivity contribution >= 4 is 33.6 Å². The number of sulfonamides is 1. The van der Waals surface area contributed by atoms with Crippen LogP contribution in [-0.2, 0) is 21.4 Å². The van der Waals surface area contributed by atoms with Crippen molar-refractivity contribution < 1.29 is 17.7 Å². The van der Waals surface area contributed by atoms with Crippen LogP contribution in [0.25, 0.3) is 6.08 Å². The molecule has 1 aliphatic rings. The van der Waals surface area contributed by atoms with Gasteiger partial charge in [-0.25, -0.2) is 8.42 Å². The molecular formula is C21H27ClN4O4S. The number of aryl methyl sites for hydroxylation is 1. The van der Waals surface area contributed by atoms with E-state index in [4.69, 9.17) is 16.1 Å². The van der Waals surface area contributed by atoms with Crippen LogP contribution in [0.4, 0.5) is 0 Å². The molecule has 0 spiro atoms. The van der Waals surface area contributed by atoms with Gasteiger partial charge in [0.15, 0.2) is 10.7 Å². The molecular weight excluding hydrogens is 440 g/mol. The van der Waals surface area contributed by atoms with Crippen LogP contribution in [-0.4, -0.2) is 55.9 Å². The lowest BCUT2D eigenvalue weighted by Gasteiger charge is -2.31. The van der Waals surface area contributed by atoms with Gasteiger partial charge in [-0.2, -0.15) is 4.31 Å². The summed E-state index contributed by atoms with van der Waals surface area (Å²) in [6.07, 6.45) is 4.48. The van der Waals surface area contributed by atoms with Crippen LogP contribution >= 0.6 is 11.6 Å². The van der Waals surface area contributed by atoms with Crippen molar-refractivity contribution in [2.75, 3.05) is 27.2 Å². The second-order valence-electron chi connectivity index (χ2n) is 7.75. The lowest BCUT2D eigenvalue weighted by Crippen LogP contribution is -2.45. The number of benzene rings is 1. The average Bonchev–Trinajstić information content (AvgIpc) is 3.12. The third-order valence-corrected chi connectivity index (χ3v) is 7.51. The third kappa shape index (κ3) is 5.47. The summed E-state index contributed by atoms with van der Waals surface area (Å²) in [5, 5.41) is 7.30. The van der Waals surface area contributed by atoms with E-state index in [0.29, 0.717) is 36.6 Å². The summed E-state index contributed by atoms with van der Waals surface area (Å²) in [5.74, 6) is -0.446. The Hall–Kier alpha value is -2.36. The largest absolute Gasteiger partial charge is 0.383 e. The second-order valence-corrected chi connectivity index (χ2v) is 10.0. The molecule has 31 heavy (non-hydrogen) atoms. The molecule has 1 unspecified atom stereocenters. The predicted octanol–water partition coefficient (Wildman–Crippen LogP) is 2.89. The first-order chi connectivity index (χ1) is 14.7. The zero-order chi connectivity index (χ0) is 22.6. The molecule has 1 aromatic heterocycles. The highest BCUT2D eigenvalue weighted by Gasteiger charge is 2.36. The van der Waals surface area contributed by atoms with E-state index in [9.17, 15) is 13.2 Å². The molecule has 1 fully saturated rings. The minimum absolute atomic E-state index is 0.0442. The van der Waals surface area contributed by atoms with Crippen LogP contribution in [0.2, 0.25) is 5.02 Å². The van der Waals surface area contributed by atoms with Crippen molar-refractivity contribution in [3.8, 4) is 0 Å². The van der Waals surface area contributed by atoms with E-state index in [1.54, 1.807) is 30.2 Å². The standard InChI is InChI=1S/C21H27ClN4O4S/c1-15-20(19(30-24-15)10-12-25(2)3)31(28,29)26-11-6-8-17(14-26)21(27)23-13-16-7-4-5-9-18(16)22/h4-5,7,9-10,12,17H,6,8,11,13-14H2,1-3H3,(H,23,27)/b12-10+. The van der Waals surface area contributed by atoms with Gasteiger partial charge in [-0.1, -0.05) is 35.0 Å². The van der Waals surface area contributed by atoms with E-state index < -0.39 is 15.9 Å². The Morgan fingerprint density at radius 1 is 1.39 bits per heavy atom. The lowest BCUT2D eigenvalue weighted by atomic mass is 9.99. The molecule has 168 valence electrons. The number of carbonyl (C=O) groups is 1. The van der Waals surface area contributed by atoms with Gasteiger partial charge in [0.25, 0.3) is 0 Å². The molecule has 1 aliphatic heterocycles. The normalized spacial score (nSPS) is 17.7. The highest BCUT2D eigenvalue weighted by molar-refractivity contribution is 7.89. The molecule has 1 atom stereocenters. The predicted molar refractivity (Wildman–Crippen MR) is 119 cm³/mol. The number of piperidine rings is 1. The molecule has 2 heterocycles. The zero-order valence-electron chi connectivity index (χ0n) is 17.8. The van der Waals surface area contributed by atoms with Crippen LogP contribution in [0.15, 0.2) is 39.9 Å². The van der Waals surface area contributed by atoms with Gasteiger partial charge < -0.3 is 14.7 Å². The fourth-order valence-corrected chi connectivity index (χ4v) is 5.46. The van der Waals surface area contributed by atoms with E-state index in [2.05, 4.69) is 10.5 Å². The highest BCUT2D eigenvalue weighted by atomic mass is 35.5. The van der Waals surface area contributed by atoms with Crippen LogP contribution in [0.3, 0.4) is 0 Å². The smallest absolute Gasteiger partial charge is 0.248 e. The Labute approximate surface area is 187 Å². The minimum Gasteiger partial charge on any atom is -0.383 e. The van der Waals surface area contributed by atoms with Gasteiger partial charge in [0.2, 0.25) is 15.9 Å². The van der Waals surface area contributed by atoms with Gasteiger partial charge in [-0.05, 0) is 31.4 Å². The molecule has 1 saturated heterocycles. The number of nitrogens with zero attached hydrogens (tertiary/aromatic N) is 3. The van der Waals surface area contributed by atoms with Crippen molar-refractivity contribution in [2.45, 2.75) is 31.2 Å². The summed E-state index contributed by atoms with van der Waals surface area (Å²) in [5.41, 5.74) is 1.11. The van der Waals surface area contributed by atoms with Crippen LogP contribution in [0, 0.1) is 12.8 Å². The number of hydrogen-bond acceptors (Lipinski definition) is 6. The van der Waals surface area contributed by atoms with Crippen molar-refractivity contribution in [1.82, 2.24) is 19.7 Å². The Bertz CT molecular complexity index is 1070. The summed E-state index contributed by atoms with van der Waals surface area (Å²) in [7, 11) is -0.214. The number of halogens is 1. The molecule has 1 amide bonds. The number of aromatic nitrogens is 1. The van der Waals surface area contributed by atoms with Gasteiger partial charge in [0.05, 0.1) is 5.92 Å². The van der Waals surface area contributed by atoms with Crippen molar-refractivity contribution in [1.29, 1.82) is 0 Å². The molecule has 1 aromatic carbocycles. The summed E-state index contributed by atoms with van der Waals surface area (Å²) in [6, 6.07) is 7.29. The van der Waals surface area contributed by atoms with Crippen LogP contribution in [0.5, 0.6) is 0 Å². The van der Waals surface area contributed by atoms with Gasteiger partial charge in [0.1, 0.15) is 5.69 Å². The third-order valence-electron chi connectivity index (χ3n) is 5.12. The minimum atomic E-state index is -3.86. The fourth-order valence-electron chi connectivity index (χ4n) is 3.49. The molecule has 8 nitrogen and oxygen atoms in total. The van der Waals surface area contributed by atoms with Gasteiger partial charge in [-0.3, -0.25) is 4.79 Å². The monoisotopic (exact) mass is 466 g/mol. The van der Waals surface area contributed by atoms with Crippen LogP contribution in [0.1, 0.15) is 29.9 Å². The number of carbonyl (C=O) groups excluding carboxylic acids is 1. The quantitative estimate of drug-likeness (QED) is 0.674. The maximum atomic E-state index is 13.4. The molecule has 2 aromatic rings. The number of hydrogen-bond donors (Lipinski definition) is 1. The average molecular weight is 467 g/mol. The molecule has 0 saturated carbocycles. The van der Waals surface area contributed by atoms with E-state index in [0.717, 1.165) is 5.56 Å². The summed E-state index contributed by atoms with van der Waals surface area (Å²) in [4.78, 5) is 14.5. The Morgan fingerprint density at radius 3 is 2.84 bits per heavy atom. The van der Waals surface area contributed by atoms with Crippen molar-refractivity contribution in [3.63, 3.8) is 0 Å². The molecule has 0 aliphatic carbocycles. The number of amides is 1. The zero-order valence-corrected chi connectivity index (χ0v) is 19.4. The molecule has 3 rings (SSSR count). The van der Waals surface area contributed by atoms with Gasteiger partial charge >= 0.3 is 0 Å². The van der Waals surface area contributed by atoms with Crippen molar-refractivity contribution in [3.05, 3.63) is 52.5 Å². The van der Waals surface area contributed by atoms with Gasteiger partial charge in [-0.15, -0.1) is 0 Å². The molecule has 0 bridgehead atoms. The van der Waals surface area contributed by atoms with Crippen LogP contribution < -0.4 is 5.32 Å². The Balaban J connectivity index is 1.73. The topological polar surface area (TPSA) is 95.8 Å². The van der Waals surface area contributed by atoms with E-state index in [1.165, 1.54) is 4.31 Å². The van der Waals surface area contributed by atoms with E-state index >= 15 is 0 Å². The van der Waals surface area contributed by atoms with Gasteiger partial charge in [0, 0.05) is 51.0 Å². The number of nitrogens with one attached hydrogen (secondary N) is 1. The lowest BCUT2D eigenvalue weighted by molar-refractivity contribution is -0.126. The Kier molecular flexibility index (Phi) is 7.40.